The molecule has 18 heteroatoms. The number of fused-ring (bicyclic) bond motifs is 1. The molecule has 0 aliphatic carbocycles. The summed E-state index contributed by atoms with van der Waals surface area (Å²) in [5.41, 5.74) is 5.00. The second-order valence-corrected chi connectivity index (χ2v) is 21.3. The number of hydrogen-bond donors (Lipinski definition) is 5. The van der Waals surface area contributed by atoms with Gasteiger partial charge in [-0.15, -0.1) is 12.4 Å². The van der Waals surface area contributed by atoms with Gasteiger partial charge >= 0.3 is 24.4 Å². The molecule has 3 atom stereocenters. The summed E-state index contributed by atoms with van der Waals surface area (Å²) in [5.74, 6) is 2.53. The van der Waals surface area contributed by atoms with Gasteiger partial charge in [0.15, 0.2) is 5.82 Å². The molecule has 0 saturated carbocycles. The lowest BCUT2D eigenvalue weighted by molar-refractivity contribution is 0.0166. The minimum atomic E-state index is -0.497. The maximum Gasteiger partial charge on any atom is 0.410 e. The van der Waals surface area contributed by atoms with E-state index in [0.29, 0.717) is 56.6 Å². The van der Waals surface area contributed by atoms with Gasteiger partial charge in [-0.2, -0.15) is 0 Å². The number of nitrogens with zero attached hydrogens (tertiary/aromatic N) is 4. The number of ether oxygens (including phenoxy) is 4. The predicted molar refractivity (Wildman–Crippen MR) is 314 cm³/mol. The lowest BCUT2D eigenvalue weighted by atomic mass is 9.97. The monoisotopic (exact) mass is 1110 g/mol. The molecule has 0 spiro atoms. The van der Waals surface area contributed by atoms with Gasteiger partial charge in [0.2, 0.25) is 0 Å². The number of para-hydroxylation sites is 1. The van der Waals surface area contributed by atoms with E-state index in [-0.39, 0.29) is 55.4 Å². The number of alkyl carbamates (subject to hydrolysis) is 3. The van der Waals surface area contributed by atoms with Gasteiger partial charge in [0.05, 0.1) is 11.1 Å². The summed E-state index contributed by atoms with van der Waals surface area (Å²) in [6.07, 6.45) is 4.80. The van der Waals surface area contributed by atoms with Crippen molar-refractivity contribution >= 4 is 53.5 Å². The molecule has 9 rings (SSSR count). The van der Waals surface area contributed by atoms with Crippen LogP contribution in [0.1, 0.15) is 81.5 Å². The quantitative estimate of drug-likeness (QED) is 0.0645. The number of rotatable bonds is 14. The molecule has 4 heterocycles. The van der Waals surface area contributed by atoms with Crippen molar-refractivity contribution in [3.63, 3.8) is 0 Å². The number of halogens is 1. The number of hydrogen-bond acceptors (Lipinski definition) is 13. The number of aryl methyl sites for hydroxylation is 1. The molecule has 6 aromatic rings. The zero-order valence-corrected chi connectivity index (χ0v) is 47.4. The van der Waals surface area contributed by atoms with Crippen molar-refractivity contribution in [2.75, 3.05) is 63.8 Å². The van der Waals surface area contributed by atoms with Crippen LogP contribution in [0, 0.1) is 24.7 Å². The fourth-order valence-electron chi connectivity index (χ4n) is 9.50. The highest BCUT2D eigenvalue weighted by Crippen LogP contribution is 2.34. The first kappa shape index (κ1) is 61.6. The number of aromatic nitrogens is 2. The van der Waals surface area contributed by atoms with Crippen LogP contribution in [0.25, 0.3) is 22.3 Å². The highest BCUT2D eigenvalue weighted by molar-refractivity contribution is 5.92. The summed E-state index contributed by atoms with van der Waals surface area (Å²) >= 11 is 0. The van der Waals surface area contributed by atoms with E-state index in [9.17, 15) is 24.3 Å². The van der Waals surface area contributed by atoms with Crippen LogP contribution < -0.4 is 26.2 Å². The fourth-order valence-corrected chi connectivity index (χ4v) is 9.50. The number of benzene rings is 5. The molecule has 5 N–H and O–H groups in total. The van der Waals surface area contributed by atoms with Crippen molar-refractivity contribution in [3.05, 3.63) is 156 Å². The molecular formula is C62H79ClN8O9. The van der Waals surface area contributed by atoms with E-state index in [0.717, 1.165) is 90.8 Å². The van der Waals surface area contributed by atoms with Gasteiger partial charge in [-0.3, -0.25) is 0 Å². The van der Waals surface area contributed by atoms with E-state index in [1.165, 1.54) is 12.8 Å². The van der Waals surface area contributed by atoms with Crippen LogP contribution in [0.4, 0.5) is 25.0 Å². The first-order valence-electron chi connectivity index (χ1n) is 27.6. The summed E-state index contributed by atoms with van der Waals surface area (Å²) in [5, 5.41) is 23.3. The van der Waals surface area contributed by atoms with Crippen LogP contribution in [0.5, 0.6) is 5.75 Å². The number of anilines is 1. The molecule has 1 aromatic heterocycles. The van der Waals surface area contributed by atoms with E-state index < -0.39 is 17.8 Å². The van der Waals surface area contributed by atoms with Crippen molar-refractivity contribution < 1.29 is 43.2 Å². The van der Waals surface area contributed by atoms with Gasteiger partial charge in [0.25, 0.3) is 0 Å². The van der Waals surface area contributed by atoms with Crippen molar-refractivity contribution in [2.45, 2.75) is 91.6 Å². The van der Waals surface area contributed by atoms with Gasteiger partial charge in [0, 0.05) is 51.2 Å². The number of carbonyl (C=O) groups is 4. The molecule has 3 saturated heterocycles. The van der Waals surface area contributed by atoms with Crippen LogP contribution in [0.2, 0.25) is 0 Å². The number of carbonyl (C=O) groups excluding carboxylic acids is 4. The van der Waals surface area contributed by atoms with E-state index in [4.69, 9.17) is 28.9 Å². The van der Waals surface area contributed by atoms with E-state index >= 15 is 0 Å². The van der Waals surface area contributed by atoms with Crippen LogP contribution in [-0.4, -0.2) is 109 Å². The standard InChI is InChI=1S/C29H30N4O3.C19H28N2O4.C14H20N2O2.ClH/c1-20-13-14-23-25(16-20)31-27(24-11-5-6-12-26(24)34)32-28(23)33-15-7-10-22(18-33)17-30-29(35)36-19-21-8-3-2-4-9-21;1-19(2,3)25-18(23)21-11-7-10-16(13-21)12-20-17(22)24-14-15-8-5-4-6-9-15;17-14(16-10-13-7-4-8-15-9-13)18-11-12-5-2-1-3-6-12;/h2-6,8-9,11-14,16,22,34H,7,10,15,17-19H2,1H3,(H,30,35);4-6,8-9,16H,7,10-14H2,1-3H3,(H,20,22);1-3,5-6,13,15H,4,7-11H2,(H,16,17);1H/t22-;16-;13-;/m110./s1. The van der Waals surface area contributed by atoms with Crippen molar-refractivity contribution in [1.29, 1.82) is 0 Å². The van der Waals surface area contributed by atoms with E-state index in [2.05, 4.69) is 44.4 Å². The molecule has 4 amide bonds. The molecule has 428 valence electrons. The van der Waals surface area contributed by atoms with Crippen molar-refractivity contribution in [1.82, 2.24) is 36.1 Å². The number of likely N-dealkylation sites (tertiary alicyclic amines) is 1. The lowest BCUT2D eigenvalue weighted by Gasteiger charge is -2.34. The molecule has 80 heavy (non-hydrogen) atoms. The van der Waals surface area contributed by atoms with E-state index in [1.54, 1.807) is 17.0 Å². The second-order valence-electron chi connectivity index (χ2n) is 21.3. The number of nitrogens with one attached hydrogen (secondary N) is 4. The zero-order valence-electron chi connectivity index (χ0n) is 46.6. The molecule has 0 radical (unpaired) electrons. The Kier molecular flexibility index (Phi) is 24.5. The minimum Gasteiger partial charge on any atom is -0.507 e. The lowest BCUT2D eigenvalue weighted by Crippen LogP contribution is -2.45. The van der Waals surface area contributed by atoms with Crippen LogP contribution in [-0.2, 0) is 38.8 Å². The van der Waals surface area contributed by atoms with Gasteiger partial charge in [-0.1, -0.05) is 109 Å². The molecule has 5 aromatic carbocycles. The first-order chi connectivity index (χ1) is 38.2. The minimum absolute atomic E-state index is 0. The summed E-state index contributed by atoms with van der Waals surface area (Å²) < 4.78 is 21.1. The smallest absolute Gasteiger partial charge is 0.410 e. The third-order valence-electron chi connectivity index (χ3n) is 13.6. The Labute approximate surface area is 476 Å². The van der Waals surface area contributed by atoms with Gasteiger partial charge in [-0.05, 0) is 144 Å². The summed E-state index contributed by atoms with van der Waals surface area (Å²) in [4.78, 5) is 61.4. The summed E-state index contributed by atoms with van der Waals surface area (Å²) in [7, 11) is 0. The van der Waals surface area contributed by atoms with Crippen LogP contribution in [0.15, 0.2) is 133 Å². The number of phenolic OH excluding ortho intramolecular Hbond substituents is 1. The Morgan fingerprint density at radius 3 is 1.65 bits per heavy atom. The Balaban J connectivity index is 0.000000205. The fraction of sp³-hybridized carbons (Fsp3) is 0.419. The largest absolute Gasteiger partial charge is 0.507 e. The van der Waals surface area contributed by atoms with Gasteiger partial charge in [0.1, 0.15) is 37.0 Å². The van der Waals surface area contributed by atoms with Crippen molar-refractivity contribution in [3.8, 4) is 17.1 Å². The number of piperidine rings is 3. The second kappa shape index (κ2) is 31.8. The normalized spacial score (nSPS) is 16.9. The Hall–Kier alpha value is -7.63. The zero-order chi connectivity index (χ0) is 55.8. The Bertz CT molecular complexity index is 2860. The van der Waals surface area contributed by atoms with Gasteiger partial charge in [-0.25, -0.2) is 29.1 Å². The number of amides is 4. The molecule has 3 aliphatic rings. The van der Waals surface area contributed by atoms with Crippen molar-refractivity contribution in [2.24, 2.45) is 17.8 Å². The van der Waals surface area contributed by atoms with Gasteiger partial charge < -0.3 is 55.1 Å². The number of phenols is 1. The third kappa shape index (κ3) is 20.9. The Morgan fingerprint density at radius 2 is 1.12 bits per heavy atom. The summed E-state index contributed by atoms with van der Waals surface area (Å²) in [6, 6.07) is 42.2. The van der Waals surface area contributed by atoms with E-state index in [1.807, 2.05) is 131 Å². The van der Waals surface area contributed by atoms with Crippen LogP contribution in [0.3, 0.4) is 0 Å². The first-order valence-corrected chi connectivity index (χ1v) is 27.6. The molecule has 0 unspecified atom stereocenters. The summed E-state index contributed by atoms with van der Waals surface area (Å²) in [6.45, 7) is 15.2. The number of aromatic hydroxyl groups is 1. The molecule has 3 aliphatic heterocycles. The highest BCUT2D eigenvalue weighted by atomic mass is 35.5. The molecule has 3 fully saturated rings. The molecule has 17 nitrogen and oxygen atoms in total. The van der Waals surface area contributed by atoms with Crippen LogP contribution >= 0.6 is 12.4 Å². The SMILES string of the molecule is CC(C)(C)OC(=O)N1CCC[C@H](CNC(=O)OCc2ccccc2)C1.Cc1ccc2c(N3CCC[C@H](CNC(=O)OCc4ccccc4)C3)nc(-c3ccccc3O)nc2c1.Cl.O=C(NC[C@H]1CCCNC1)OCc1ccccc1. The predicted octanol–water partition coefficient (Wildman–Crippen LogP) is 11.3. The average Bonchev–Trinajstić information content (AvgIpc) is 3.50. The average molecular weight is 1120 g/mol. The Morgan fingerprint density at radius 1 is 0.625 bits per heavy atom. The highest BCUT2D eigenvalue weighted by Gasteiger charge is 2.29. The maximum absolute atomic E-state index is 12.3. The third-order valence-corrected chi connectivity index (χ3v) is 13.6. The maximum atomic E-state index is 12.3. The molecule has 0 bridgehead atoms. The topological polar surface area (TPSA) is 206 Å². The molecular weight excluding hydrogens is 1040 g/mol.